The first-order chi connectivity index (χ1) is 13.3. The average molecular weight is 359 g/mol. The van der Waals surface area contributed by atoms with Crippen molar-refractivity contribution < 1.29 is 0 Å². The number of guanidine groups is 1. The zero-order valence-electron chi connectivity index (χ0n) is 15.6. The van der Waals surface area contributed by atoms with Crippen molar-refractivity contribution in [2.45, 2.75) is 24.8 Å². The van der Waals surface area contributed by atoms with Crippen molar-refractivity contribution in [3.8, 4) is 11.3 Å². The van der Waals surface area contributed by atoms with Crippen molar-refractivity contribution in [3.05, 3.63) is 78.2 Å². The van der Waals surface area contributed by atoms with Gasteiger partial charge in [-0.25, -0.2) is 4.98 Å². The van der Waals surface area contributed by atoms with Gasteiger partial charge in [0.05, 0.1) is 18.4 Å². The largest absolute Gasteiger partial charge is 0.356 e. The summed E-state index contributed by atoms with van der Waals surface area (Å²) >= 11 is 0. The Morgan fingerprint density at radius 3 is 2.41 bits per heavy atom. The van der Waals surface area contributed by atoms with E-state index in [0.29, 0.717) is 6.54 Å². The van der Waals surface area contributed by atoms with E-state index in [4.69, 9.17) is 0 Å². The number of aromatic nitrogens is 2. The van der Waals surface area contributed by atoms with Gasteiger partial charge in [-0.05, 0) is 24.0 Å². The molecule has 5 nitrogen and oxygen atoms in total. The third-order valence-electron chi connectivity index (χ3n) is 5.19. The number of benzene rings is 2. The maximum Gasteiger partial charge on any atom is 0.191 e. The van der Waals surface area contributed by atoms with Crippen LogP contribution in [0.2, 0.25) is 0 Å². The molecule has 1 aliphatic carbocycles. The summed E-state index contributed by atoms with van der Waals surface area (Å²) in [5.74, 6) is 1.69. The van der Waals surface area contributed by atoms with E-state index in [2.05, 4.69) is 68.1 Å². The number of hydrogen-bond donors (Lipinski definition) is 3. The predicted molar refractivity (Wildman–Crippen MR) is 110 cm³/mol. The fourth-order valence-electron chi connectivity index (χ4n) is 3.37. The van der Waals surface area contributed by atoms with Gasteiger partial charge in [0.2, 0.25) is 0 Å². The summed E-state index contributed by atoms with van der Waals surface area (Å²) < 4.78 is 0. The molecule has 1 heterocycles. The molecule has 3 N–H and O–H groups in total. The quantitative estimate of drug-likeness (QED) is 0.466. The van der Waals surface area contributed by atoms with Gasteiger partial charge < -0.3 is 15.6 Å². The van der Waals surface area contributed by atoms with Gasteiger partial charge >= 0.3 is 0 Å². The molecule has 1 saturated carbocycles. The van der Waals surface area contributed by atoms with E-state index in [0.717, 1.165) is 29.6 Å². The molecule has 2 aromatic carbocycles. The van der Waals surface area contributed by atoms with Crippen molar-refractivity contribution in [1.29, 1.82) is 0 Å². The first kappa shape index (κ1) is 17.3. The number of imidazole rings is 1. The Balaban J connectivity index is 1.32. The minimum absolute atomic E-state index is 0.254. The Morgan fingerprint density at radius 1 is 1.04 bits per heavy atom. The maximum absolute atomic E-state index is 4.47. The van der Waals surface area contributed by atoms with Crippen molar-refractivity contribution in [3.63, 3.8) is 0 Å². The van der Waals surface area contributed by atoms with E-state index in [1.165, 1.54) is 18.4 Å². The van der Waals surface area contributed by atoms with Crippen LogP contribution in [0.4, 0.5) is 0 Å². The minimum atomic E-state index is 0.254. The highest BCUT2D eigenvalue weighted by Gasteiger charge is 2.43. The molecule has 5 heteroatoms. The van der Waals surface area contributed by atoms with Crippen LogP contribution in [0.5, 0.6) is 0 Å². The van der Waals surface area contributed by atoms with E-state index < -0.39 is 0 Å². The van der Waals surface area contributed by atoms with Crippen LogP contribution in [-0.4, -0.2) is 29.5 Å². The summed E-state index contributed by atoms with van der Waals surface area (Å²) in [7, 11) is 1.80. The first-order valence-electron chi connectivity index (χ1n) is 9.38. The zero-order valence-corrected chi connectivity index (χ0v) is 15.6. The molecule has 0 unspecified atom stereocenters. The molecule has 4 rings (SSSR count). The molecule has 0 atom stereocenters. The van der Waals surface area contributed by atoms with E-state index >= 15 is 0 Å². The highest BCUT2D eigenvalue weighted by molar-refractivity contribution is 5.79. The second kappa shape index (κ2) is 7.66. The van der Waals surface area contributed by atoms with Crippen LogP contribution in [0.1, 0.15) is 24.2 Å². The van der Waals surface area contributed by atoms with E-state index in [9.17, 15) is 0 Å². The summed E-state index contributed by atoms with van der Waals surface area (Å²) in [5, 5.41) is 6.82. The fraction of sp³-hybridized carbons (Fsp3) is 0.273. The van der Waals surface area contributed by atoms with Crippen LogP contribution in [0, 0.1) is 0 Å². The highest BCUT2D eigenvalue weighted by atomic mass is 15.2. The minimum Gasteiger partial charge on any atom is -0.356 e. The van der Waals surface area contributed by atoms with Gasteiger partial charge in [-0.1, -0.05) is 60.7 Å². The van der Waals surface area contributed by atoms with E-state index in [1.807, 2.05) is 24.4 Å². The molecular formula is C22H25N5. The fourth-order valence-corrected chi connectivity index (χ4v) is 3.37. The SMILES string of the molecule is CN=C(NCc1ncc(-c2ccccc2)[nH]1)NCC1(c2ccccc2)CC1. The molecular weight excluding hydrogens is 334 g/mol. The summed E-state index contributed by atoms with van der Waals surface area (Å²) in [6, 6.07) is 21.0. The van der Waals surface area contributed by atoms with Gasteiger partial charge in [0.1, 0.15) is 5.82 Å². The third kappa shape index (κ3) is 4.03. The van der Waals surface area contributed by atoms with Crippen LogP contribution in [0.25, 0.3) is 11.3 Å². The van der Waals surface area contributed by atoms with Crippen molar-refractivity contribution >= 4 is 5.96 Å². The number of nitrogens with one attached hydrogen (secondary N) is 3. The van der Waals surface area contributed by atoms with Gasteiger partial charge in [-0.15, -0.1) is 0 Å². The van der Waals surface area contributed by atoms with Crippen LogP contribution in [0.3, 0.4) is 0 Å². The summed E-state index contributed by atoms with van der Waals surface area (Å²) in [6.07, 6.45) is 4.32. The van der Waals surface area contributed by atoms with Gasteiger partial charge in [0.25, 0.3) is 0 Å². The monoisotopic (exact) mass is 359 g/mol. The Kier molecular flexibility index (Phi) is 4.92. The molecule has 27 heavy (non-hydrogen) atoms. The van der Waals surface area contributed by atoms with Gasteiger partial charge in [-0.2, -0.15) is 0 Å². The molecule has 0 saturated heterocycles. The average Bonchev–Trinajstić information content (AvgIpc) is 3.38. The molecule has 138 valence electrons. The molecule has 1 aliphatic rings. The normalized spacial score (nSPS) is 15.4. The molecule has 1 aromatic heterocycles. The van der Waals surface area contributed by atoms with Crippen LogP contribution in [0.15, 0.2) is 71.9 Å². The van der Waals surface area contributed by atoms with E-state index in [-0.39, 0.29) is 5.41 Å². The molecule has 3 aromatic rings. The molecule has 1 fully saturated rings. The lowest BCUT2D eigenvalue weighted by atomic mass is 9.96. The predicted octanol–water partition coefficient (Wildman–Crippen LogP) is 3.47. The third-order valence-corrected chi connectivity index (χ3v) is 5.19. The Bertz CT molecular complexity index is 895. The first-order valence-corrected chi connectivity index (χ1v) is 9.38. The van der Waals surface area contributed by atoms with Crippen LogP contribution in [-0.2, 0) is 12.0 Å². The van der Waals surface area contributed by atoms with Gasteiger partial charge in [-0.3, -0.25) is 4.99 Å². The molecule has 0 spiro atoms. The summed E-state index contributed by atoms with van der Waals surface area (Å²) in [4.78, 5) is 12.2. The summed E-state index contributed by atoms with van der Waals surface area (Å²) in [5.41, 5.74) is 3.82. The number of rotatable bonds is 6. The number of aromatic amines is 1. The zero-order chi connectivity index (χ0) is 18.5. The topological polar surface area (TPSA) is 65.1 Å². The highest BCUT2D eigenvalue weighted by Crippen LogP contribution is 2.47. The number of nitrogens with zero attached hydrogens (tertiary/aromatic N) is 2. The smallest absolute Gasteiger partial charge is 0.191 e. The molecule has 0 radical (unpaired) electrons. The lowest BCUT2D eigenvalue weighted by Crippen LogP contribution is -2.41. The number of aliphatic imine (C=N–C) groups is 1. The van der Waals surface area contributed by atoms with Gasteiger partial charge in [0, 0.05) is 19.0 Å². The Labute approximate surface area is 160 Å². The van der Waals surface area contributed by atoms with Crippen molar-refractivity contribution in [2.24, 2.45) is 4.99 Å². The molecule has 0 bridgehead atoms. The van der Waals surface area contributed by atoms with E-state index in [1.54, 1.807) is 7.05 Å². The Hall–Kier alpha value is -3.08. The molecule has 0 aliphatic heterocycles. The Morgan fingerprint density at radius 2 is 1.74 bits per heavy atom. The number of hydrogen-bond acceptors (Lipinski definition) is 2. The van der Waals surface area contributed by atoms with Crippen LogP contribution < -0.4 is 10.6 Å². The standard InChI is InChI=1S/C22H25N5/c1-23-21(26-16-22(12-13-22)18-10-6-3-7-11-18)25-15-20-24-14-19(27-20)17-8-4-2-5-9-17/h2-11,14H,12-13,15-16H2,1H3,(H,24,27)(H2,23,25,26). The van der Waals surface area contributed by atoms with Crippen molar-refractivity contribution in [1.82, 2.24) is 20.6 Å². The lowest BCUT2D eigenvalue weighted by Gasteiger charge is -2.18. The maximum atomic E-state index is 4.47. The lowest BCUT2D eigenvalue weighted by molar-refractivity contribution is 0.644. The second-order valence-corrected chi connectivity index (χ2v) is 7.04. The number of H-pyrrole nitrogens is 1. The summed E-state index contributed by atoms with van der Waals surface area (Å²) in [6.45, 7) is 1.49. The second-order valence-electron chi connectivity index (χ2n) is 7.04. The van der Waals surface area contributed by atoms with Crippen LogP contribution >= 0.6 is 0 Å². The van der Waals surface area contributed by atoms with Crippen molar-refractivity contribution in [2.75, 3.05) is 13.6 Å². The van der Waals surface area contributed by atoms with Gasteiger partial charge in [0.15, 0.2) is 5.96 Å². The molecule has 0 amide bonds.